The van der Waals surface area contributed by atoms with Gasteiger partial charge >= 0.3 is 0 Å². The molecule has 2 heteroatoms. The number of carbonyl (C=O) groups excluding carboxylic acids is 1. The minimum Gasteiger partial charge on any atom is -0.351 e. The summed E-state index contributed by atoms with van der Waals surface area (Å²) in [5.74, 6) is 2.27. The van der Waals surface area contributed by atoms with Gasteiger partial charge in [0.2, 0.25) is 5.91 Å². The summed E-state index contributed by atoms with van der Waals surface area (Å²) in [6, 6.07) is 0. The van der Waals surface area contributed by atoms with Crippen LogP contribution in [-0.4, -0.2) is 11.4 Å². The molecule has 2 saturated carbocycles. The second kappa shape index (κ2) is 2.73. The number of rotatable bonds is 2. The Bertz CT molecular complexity index is 225. The van der Waals surface area contributed by atoms with E-state index in [9.17, 15) is 4.79 Å². The van der Waals surface area contributed by atoms with Crippen molar-refractivity contribution in [2.45, 2.75) is 45.6 Å². The normalized spacial score (nSPS) is 32.8. The Labute approximate surface area is 80.1 Å². The molecule has 1 N–H and O–H groups in total. The summed E-state index contributed by atoms with van der Waals surface area (Å²) >= 11 is 0. The number of nitrogens with one attached hydrogen (secondary N) is 1. The molecule has 0 aromatic heterocycles. The van der Waals surface area contributed by atoms with Crippen LogP contribution in [-0.2, 0) is 4.79 Å². The van der Waals surface area contributed by atoms with Crippen LogP contribution >= 0.6 is 0 Å². The predicted octanol–water partition coefficient (Wildman–Crippen LogP) is 1.95. The maximum absolute atomic E-state index is 11.7. The minimum absolute atomic E-state index is 0.0617. The fraction of sp³-hybridized carbons (Fsp3) is 0.909. The summed E-state index contributed by atoms with van der Waals surface area (Å²) in [5.41, 5.74) is -0.0617. The number of amides is 1. The van der Waals surface area contributed by atoms with E-state index in [1.807, 2.05) is 20.8 Å². The van der Waals surface area contributed by atoms with E-state index in [0.29, 0.717) is 5.92 Å². The van der Waals surface area contributed by atoms with Crippen LogP contribution in [0, 0.1) is 17.8 Å². The summed E-state index contributed by atoms with van der Waals surface area (Å²) in [6.45, 7) is 6.12. The third kappa shape index (κ3) is 2.23. The first-order valence-electron chi connectivity index (χ1n) is 5.29. The predicted molar refractivity (Wildman–Crippen MR) is 52.2 cm³/mol. The van der Waals surface area contributed by atoms with Crippen molar-refractivity contribution in [1.29, 1.82) is 0 Å². The highest BCUT2D eigenvalue weighted by Crippen LogP contribution is 2.54. The van der Waals surface area contributed by atoms with Crippen molar-refractivity contribution in [1.82, 2.24) is 5.32 Å². The molecule has 0 saturated heterocycles. The molecule has 2 nitrogen and oxygen atoms in total. The van der Waals surface area contributed by atoms with E-state index in [4.69, 9.17) is 0 Å². The van der Waals surface area contributed by atoms with E-state index in [-0.39, 0.29) is 11.4 Å². The lowest BCUT2D eigenvalue weighted by molar-refractivity contribution is -0.124. The van der Waals surface area contributed by atoms with E-state index in [1.54, 1.807) is 0 Å². The van der Waals surface area contributed by atoms with Gasteiger partial charge in [-0.2, -0.15) is 0 Å². The van der Waals surface area contributed by atoms with Gasteiger partial charge in [0.05, 0.1) is 0 Å². The summed E-state index contributed by atoms with van der Waals surface area (Å²) in [7, 11) is 0. The molecule has 0 aromatic rings. The second-order valence-corrected chi connectivity index (χ2v) is 5.58. The molecule has 13 heavy (non-hydrogen) atoms. The molecule has 0 aliphatic heterocycles. The van der Waals surface area contributed by atoms with Gasteiger partial charge in [-0.05, 0) is 51.9 Å². The van der Waals surface area contributed by atoms with Crippen molar-refractivity contribution < 1.29 is 4.79 Å². The van der Waals surface area contributed by atoms with Gasteiger partial charge in [0, 0.05) is 11.5 Å². The fourth-order valence-corrected chi connectivity index (χ4v) is 2.02. The van der Waals surface area contributed by atoms with Crippen LogP contribution < -0.4 is 5.32 Å². The van der Waals surface area contributed by atoms with E-state index in [0.717, 1.165) is 18.3 Å². The SMILES string of the molecule is CC(C)(C)NC(=O)[C@H]1C[C@@H]1C1CC1. The van der Waals surface area contributed by atoms with Gasteiger partial charge in [0.1, 0.15) is 0 Å². The molecule has 0 unspecified atom stereocenters. The van der Waals surface area contributed by atoms with Gasteiger partial charge in [0.15, 0.2) is 0 Å². The standard InChI is InChI=1S/C11H19NO/c1-11(2,3)12-10(13)9-6-8(9)7-4-5-7/h7-9H,4-6H2,1-3H3,(H,12,13)/t8-,9+/m1/s1. The minimum atomic E-state index is -0.0617. The highest BCUT2D eigenvalue weighted by atomic mass is 16.2. The molecular weight excluding hydrogens is 162 g/mol. The lowest BCUT2D eigenvalue weighted by Gasteiger charge is -2.20. The molecule has 0 aromatic carbocycles. The zero-order valence-corrected chi connectivity index (χ0v) is 8.76. The molecule has 2 aliphatic carbocycles. The van der Waals surface area contributed by atoms with Gasteiger partial charge in [-0.3, -0.25) is 4.79 Å². The topological polar surface area (TPSA) is 29.1 Å². The lowest BCUT2D eigenvalue weighted by atomic mass is 10.1. The molecule has 0 bridgehead atoms. The second-order valence-electron chi connectivity index (χ2n) is 5.58. The quantitative estimate of drug-likeness (QED) is 0.693. The summed E-state index contributed by atoms with van der Waals surface area (Å²) in [6.07, 6.45) is 3.88. The Balaban J connectivity index is 1.79. The van der Waals surface area contributed by atoms with Gasteiger partial charge in [-0.15, -0.1) is 0 Å². The lowest BCUT2D eigenvalue weighted by Crippen LogP contribution is -2.41. The Morgan fingerprint density at radius 2 is 1.92 bits per heavy atom. The van der Waals surface area contributed by atoms with Crippen LogP contribution in [0.1, 0.15) is 40.0 Å². The number of carbonyl (C=O) groups is 1. The van der Waals surface area contributed by atoms with Crippen molar-refractivity contribution in [2.24, 2.45) is 17.8 Å². The molecular formula is C11H19NO. The zero-order valence-electron chi connectivity index (χ0n) is 8.76. The molecule has 74 valence electrons. The van der Waals surface area contributed by atoms with E-state index in [2.05, 4.69) is 5.32 Å². The van der Waals surface area contributed by atoms with Crippen molar-refractivity contribution >= 4 is 5.91 Å². The summed E-state index contributed by atoms with van der Waals surface area (Å²) in [5, 5.41) is 3.05. The molecule has 2 atom stereocenters. The van der Waals surface area contributed by atoms with E-state index in [1.165, 1.54) is 12.8 Å². The Hall–Kier alpha value is -0.530. The zero-order chi connectivity index (χ0) is 9.64. The molecule has 2 fully saturated rings. The smallest absolute Gasteiger partial charge is 0.223 e. The maximum Gasteiger partial charge on any atom is 0.223 e. The van der Waals surface area contributed by atoms with Gasteiger partial charge < -0.3 is 5.32 Å². The van der Waals surface area contributed by atoms with Crippen molar-refractivity contribution in [3.05, 3.63) is 0 Å². The first-order valence-corrected chi connectivity index (χ1v) is 5.29. The summed E-state index contributed by atoms with van der Waals surface area (Å²) in [4.78, 5) is 11.7. The third-order valence-electron chi connectivity index (χ3n) is 2.90. The van der Waals surface area contributed by atoms with Crippen LogP contribution in [0.5, 0.6) is 0 Å². The van der Waals surface area contributed by atoms with Gasteiger partial charge in [-0.1, -0.05) is 0 Å². The van der Waals surface area contributed by atoms with Crippen molar-refractivity contribution in [3.63, 3.8) is 0 Å². The highest BCUT2D eigenvalue weighted by Gasteiger charge is 2.51. The third-order valence-corrected chi connectivity index (χ3v) is 2.90. The first-order chi connectivity index (χ1) is 5.97. The largest absolute Gasteiger partial charge is 0.351 e. The van der Waals surface area contributed by atoms with Gasteiger partial charge in [0.25, 0.3) is 0 Å². The van der Waals surface area contributed by atoms with E-state index >= 15 is 0 Å². The Kier molecular flexibility index (Phi) is 1.90. The van der Waals surface area contributed by atoms with Crippen molar-refractivity contribution in [2.75, 3.05) is 0 Å². The van der Waals surface area contributed by atoms with E-state index < -0.39 is 0 Å². The molecule has 0 radical (unpaired) electrons. The van der Waals surface area contributed by atoms with Crippen LogP contribution in [0.3, 0.4) is 0 Å². The molecule has 0 heterocycles. The monoisotopic (exact) mass is 181 g/mol. The molecule has 2 rings (SSSR count). The van der Waals surface area contributed by atoms with Crippen LogP contribution in [0.4, 0.5) is 0 Å². The average Bonchev–Trinajstić information content (AvgIpc) is 2.79. The van der Waals surface area contributed by atoms with Crippen molar-refractivity contribution in [3.8, 4) is 0 Å². The summed E-state index contributed by atoms with van der Waals surface area (Å²) < 4.78 is 0. The molecule has 0 spiro atoms. The Morgan fingerprint density at radius 1 is 1.31 bits per heavy atom. The Morgan fingerprint density at radius 3 is 2.38 bits per heavy atom. The first kappa shape index (κ1) is 9.04. The van der Waals surface area contributed by atoms with Crippen LogP contribution in [0.2, 0.25) is 0 Å². The molecule has 2 aliphatic rings. The molecule has 1 amide bonds. The average molecular weight is 181 g/mol. The van der Waals surface area contributed by atoms with Crippen LogP contribution in [0.25, 0.3) is 0 Å². The number of hydrogen-bond acceptors (Lipinski definition) is 1. The van der Waals surface area contributed by atoms with Crippen LogP contribution in [0.15, 0.2) is 0 Å². The highest BCUT2D eigenvalue weighted by molar-refractivity contribution is 5.82. The fourth-order valence-electron chi connectivity index (χ4n) is 2.02. The number of hydrogen-bond donors (Lipinski definition) is 1. The maximum atomic E-state index is 11.7. The van der Waals surface area contributed by atoms with Gasteiger partial charge in [-0.25, -0.2) is 0 Å².